The molecular weight excluding hydrogens is 312 g/mol. The Labute approximate surface area is 122 Å². The van der Waals surface area contributed by atoms with E-state index in [4.69, 9.17) is 17.0 Å². The van der Waals surface area contributed by atoms with Gasteiger partial charge in [0.15, 0.2) is 5.11 Å². The molecule has 1 aromatic carbocycles. The fraction of sp³-hybridized carbons (Fsp3) is 0.462. The van der Waals surface area contributed by atoms with Gasteiger partial charge in [-0.15, -0.1) is 0 Å². The molecule has 1 atom stereocenters. The number of hydrogen-bond acceptors (Lipinski definition) is 2. The number of ether oxygens (including phenoxy) is 1. The largest absolute Gasteiger partial charge is 0.496 e. The summed E-state index contributed by atoms with van der Waals surface area (Å²) in [6.45, 7) is 6.19. The van der Waals surface area contributed by atoms with E-state index >= 15 is 0 Å². The van der Waals surface area contributed by atoms with E-state index in [0.29, 0.717) is 11.2 Å². The van der Waals surface area contributed by atoms with Gasteiger partial charge >= 0.3 is 0 Å². The van der Waals surface area contributed by atoms with Crippen LogP contribution in [0.4, 0.5) is 0 Å². The summed E-state index contributed by atoms with van der Waals surface area (Å²) in [5, 5.41) is 7.09. The van der Waals surface area contributed by atoms with Gasteiger partial charge in [-0.2, -0.15) is 0 Å². The molecule has 0 fully saturated rings. The van der Waals surface area contributed by atoms with Gasteiger partial charge in [-0.3, -0.25) is 0 Å². The second-order valence-corrected chi connectivity index (χ2v) is 5.65. The van der Waals surface area contributed by atoms with Crippen molar-refractivity contribution in [1.29, 1.82) is 0 Å². The van der Waals surface area contributed by atoms with Gasteiger partial charge < -0.3 is 15.4 Å². The summed E-state index contributed by atoms with van der Waals surface area (Å²) in [6, 6.07) is 6.48. The first-order valence-corrected chi connectivity index (χ1v) is 7.04. The number of methoxy groups -OCH3 is 1. The minimum Gasteiger partial charge on any atom is -0.496 e. The van der Waals surface area contributed by atoms with Crippen molar-refractivity contribution >= 4 is 33.3 Å². The van der Waals surface area contributed by atoms with E-state index in [1.807, 2.05) is 18.2 Å². The lowest BCUT2D eigenvalue weighted by molar-refractivity contribution is 0.412. The molecule has 0 spiro atoms. The molecular formula is C13H19BrN2OS. The molecule has 3 nitrogen and oxygen atoms in total. The van der Waals surface area contributed by atoms with Gasteiger partial charge in [-0.05, 0) is 66.6 Å². The van der Waals surface area contributed by atoms with E-state index < -0.39 is 0 Å². The van der Waals surface area contributed by atoms with Crippen molar-refractivity contribution in [1.82, 2.24) is 10.6 Å². The third-order valence-electron chi connectivity index (χ3n) is 2.44. The Bertz CT molecular complexity index is 423. The Hall–Kier alpha value is -0.810. The summed E-state index contributed by atoms with van der Waals surface area (Å²) in [5.41, 5.74) is 1.15. The Morgan fingerprint density at radius 3 is 2.44 bits per heavy atom. The molecule has 0 saturated heterocycles. The van der Waals surface area contributed by atoms with Crippen LogP contribution in [-0.2, 0) is 0 Å². The van der Waals surface area contributed by atoms with Crippen LogP contribution in [-0.4, -0.2) is 18.3 Å². The highest BCUT2D eigenvalue weighted by Crippen LogP contribution is 2.27. The molecule has 1 rings (SSSR count). The van der Waals surface area contributed by atoms with E-state index in [0.717, 1.165) is 15.8 Å². The van der Waals surface area contributed by atoms with Crippen molar-refractivity contribution in [3.8, 4) is 5.75 Å². The lowest BCUT2D eigenvalue weighted by atomic mass is 10.1. The molecule has 0 heterocycles. The second-order valence-electron chi connectivity index (χ2n) is 4.39. The molecule has 0 saturated carbocycles. The van der Waals surface area contributed by atoms with E-state index in [-0.39, 0.29) is 6.04 Å². The summed E-state index contributed by atoms with van der Waals surface area (Å²) < 4.78 is 6.15. The molecule has 0 bridgehead atoms. The Kier molecular flexibility index (Phi) is 5.88. The molecule has 2 N–H and O–H groups in total. The summed E-state index contributed by atoms with van der Waals surface area (Å²) in [7, 11) is 1.66. The van der Waals surface area contributed by atoms with Gasteiger partial charge in [0.25, 0.3) is 0 Å². The molecule has 0 unspecified atom stereocenters. The SMILES string of the molecule is COc1ccc([C@H](C)NC(=S)NC(C)C)cc1Br. The van der Waals surface area contributed by atoms with Gasteiger partial charge in [0.1, 0.15) is 5.75 Å². The molecule has 0 aliphatic rings. The molecule has 0 aliphatic heterocycles. The molecule has 5 heteroatoms. The zero-order valence-corrected chi connectivity index (χ0v) is 13.5. The van der Waals surface area contributed by atoms with E-state index in [2.05, 4.69) is 47.3 Å². The predicted molar refractivity (Wildman–Crippen MR) is 83.1 cm³/mol. The smallest absolute Gasteiger partial charge is 0.166 e. The van der Waals surface area contributed by atoms with Gasteiger partial charge in [0.05, 0.1) is 17.6 Å². The molecule has 1 aromatic rings. The molecule has 0 aliphatic carbocycles. The van der Waals surface area contributed by atoms with Crippen LogP contribution in [0.5, 0.6) is 5.75 Å². The normalized spacial score (nSPS) is 12.1. The third kappa shape index (κ3) is 4.46. The van der Waals surface area contributed by atoms with Crippen LogP contribution in [0, 0.1) is 0 Å². The van der Waals surface area contributed by atoms with Crippen LogP contribution in [0.15, 0.2) is 22.7 Å². The van der Waals surface area contributed by atoms with Crippen LogP contribution in [0.2, 0.25) is 0 Å². The van der Waals surface area contributed by atoms with Crippen molar-refractivity contribution in [3.63, 3.8) is 0 Å². The molecule has 0 radical (unpaired) electrons. The zero-order chi connectivity index (χ0) is 13.7. The molecule has 18 heavy (non-hydrogen) atoms. The number of thiocarbonyl (C=S) groups is 1. The third-order valence-corrected chi connectivity index (χ3v) is 3.30. The monoisotopic (exact) mass is 330 g/mol. The topological polar surface area (TPSA) is 33.3 Å². The average Bonchev–Trinajstić information content (AvgIpc) is 2.27. The van der Waals surface area contributed by atoms with Crippen LogP contribution in [0.1, 0.15) is 32.4 Å². The van der Waals surface area contributed by atoms with Crippen LogP contribution in [0.25, 0.3) is 0 Å². The zero-order valence-electron chi connectivity index (χ0n) is 11.1. The van der Waals surface area contributed by atoms with Crippen LogP contribution >= 0.6 is 28.1 Å². The lowest BCUT2D eigenvalue weighted by Gasteiger charge is -2.19. The maximum absolute atomic E-state index is 5.23. The number of rotatable bonds is 4. The number of halogens is 1. The quantitative estimate of drug-likeness (QED) is 0.829. The summed E-state index contributed by atoms with van der Waals surface area (Å²) in [4.78, 5) is 0. The molecule has 0 amide bonds. The minimum absolute atomic E-state index is 0.144. The first-order chi connectivity index (χ1) is 8.43. The fourth-order valence-corrected chi connectivity index (χ4v) is 2.51. The van der Waals surface area contributed by atoms with Crippen LogP contribution in [0.3, 0.4) is 0 Å². The maximum atomic E-state index is 5.23. The van der Waals surface area contributed by atoms with Crippen LogP contribution < -0.4 is 15.4 Å². The maximum Gasteiger partial charge on any atom is 0.166 e. The highest BCUT2D eigenvalue weighted by atomic mass is 79.9. The molecule has 100 valence electrons. The minimum atomic E-state index is 0.144. The number of benzene rings is 1. The van der Waals surface area contributed by atoms with Gasteiger partial charge in [-0.1, -0.05) is 6.07 Å². The summed E-state index contributed by atoms with van der Waals surface area (Å²) in [5.74, 6) is 0.828. The highest BCUT2D eigenvalue weighted by molar-refractivity contribution is 9.10. The van der Waals surface area contributed by atoms with Crippen molar-refractivity contribution in [3.05, 3.63) is 28.2 Å². The Balaban J connectivity index is 2.69. The average molecular weight is 331 g/mol. The predicted octanol–water partition coefficient (Wildman–Crippen LogP) is 3.39. The van der Waals surface area contributed by atoms with E-state index in [1.54, 1.807) is 7.11 Å². The van der Waals surface area contributed by atoms with Gasteiger partial charge in [-0.25, -0.2) is 0 Å². The highest BCUT2D eigenvalue weighted by Gasteiger charge is 2.09. The first-order valence-electron chi connectivity index (χ1n) is 5.84. The second kappa shape index (κ2) is 6.95. The van der Waals surface area contributed by atoms with Crippen molar-refractivity contribution in [2.75, 3.05) is 7.11 Å². The van der Waals surface area contributed by atoms with Crippen molar-refractivity contribution < 1.29 is 4.74 Å². The van der Waals surface area contributed by atoms with Gasteiger partial charge in [0.2, 0.25) is 0 Å². The van der Waals surface area contributed by atoms with E-state index in [1.165, 1.54) is 0 Å². The Morgan fingerprint density at radius 1 is 1.28 bits per heavy atom. The Morgan fingerprint density at radius 2 is 1.94 bits per heavy atom. The van der Waals surface area contributed by atoms with E-state index in [9.17, 15) is 0 Å². The van der Waals surface area contributed by atoms with Gasteiger partial charge in [0, 0.05) is 6.04 Å². The van der Waals surface area contributed by atoms with Crippen molar-refractivity contribution in [2.24, 2.45) is 0 Å². The summed E-state index contributed by atoms with van der Waals surface area (Å²) in [6.07, 6.45) is 0. The fourth-order valence-electron chi connectivity index (χ4n) is 1.54. The standard InChI is InChI=1S/C13H19BrN2OS/c1-8(2)15-13(18)16-9(3)10-5-6-12(17-4)11(14)7-10/h5-9H,1-4H3,(H2,15,16,18)/t9-/m0/s1. The van der Waals surface area contributed by atoms with Crippen molar-refractivity contribution in [2.45, 2.75) is 32.9 Å². The first kappa shape index (κ1) is 15.2. The summed E-state index contributed by atoms with van der Waals surface area (Å²) >= 11 is 8.71. The number of hydrogen-bond donors (Lipinski definition) is 2. The molecule has 0 aromatic heterocycles. The lowest BCUT2D eigenvalue weighted by Crippen LogP contribution is -2.40. The number of nitrogens with one attached hydrogen (secondary N) is 2.